The lowest BCUT2D eigenvalue weighted by atomic mass is 9.85. The van der Waals surface area contributed by atoms with Crippen LogP contribution in [0.25, 0.3) is 0 Å². The van der Waals surface area contributed by atoms with E-state index in [1.54, 1.807) is 0 Å². The third-order valence-electron chi connectivity index (χ3n) is 6.40. The number of amides is 4. The van der Waals surface area contributed by atoms with Crippen LogP contribution in [0.3, 0.4) is 0 Å². The Balaban J connectivity index is 1.38. The molecule has 0 radical (unpaired) electrons. The normalized spacial score (nSPS) is 27.0. The van der Waals surface area contributed by atoms with Gasteiger partial charge in [0.1, 0.15) is 0 Å². The van der Waals surface area contributed by atoms with Crippen LogP contribution in [0.15, 0.2) is 24.5 Å². The number of hydrogen-bond acceptors (Lipinski definition) is 4. The molecule has 2 saturated heterocycles. The number of anilines is 1. The second kappa shape index (κ2) is 7.87. The molecular weight excluding hydrogens is 358 g/mol. The van der Waals surface area contributed by atoms with E-state index in [9.17, 15) is 14.4 Å². The first-order valence-electron chi connectivity index (χ1n) is 10.3. The Hall–Kier alpha value is -2.48. The molecule has 2 N–H and O–H groups in total. The number of hydrogen-bond donors (Lipinski definition) is 1. The number of urea groups is 1. The lowest BCUT2D eigenvalue weighted by Crippen LogP contribution is -3.16. The lowest BCUT2D eigenvalue weighted by Gasteiger charge is -2.35. The molecule has 0 unspecified atom stereocenters. The molecule has 3 fully saturated rings. The molecule has 1 saturated carbocycles. The average molecular weight is 387 g/mol. The summed E-state index contributed by atoms with van der Waals surface area (Å²) in [5.74, 6) is -1.04. The molecule has 4 rings (SSSR count). The second-order valence-corrected chi connectivity index (χ2v) is 8.17. The number of nitrogens with zero attached hydrogens (tertiary/aromatic N) is 3. The Morgan fingerprint density at radius 3 is 2.39 bits per heavy atom. The number of carbonyl (C=O) groups excluding carboxylic acids is 3. The summed E-state index contributed by atoms with van der Waals surface area (Å²) in [6.07, 6.45) is 7.75. The zero-order valence-corrected chi connectivity index (χ0v) is 16.4. The van der Waals surface area contributed by atoms with Crippen LogP contribution in [0.4, 0.5) is 10.5 Å². The van der Waals surface area contributed by atoms with Gasteiger partial charge in [0.25, 0.3) is 0 Å². The van der Waals surface area contributed by atoms with E-state index < -0.39 is 17.8 Å². The number of carbonyl (C=O) groups is 3. The van der Waals surface area contributed by atoms with Gasteiger partial charge in [-0.05, 0) is 18.8 Å². The fraction of sp³-hybridized carbons (Fsp3) is 0.600. The highest BCUT2D eigenvalue weighted by Gasteiger charge is 2.50. The predicted octanol–water partition coefficient (Wildman–Crippen LogP) is -0.467. The van der Waals surface area contributed by atoms with Gasteiger partial charge in [-0.3, -0.25) is 14.5 Å². The van der Waals surface area contributed by atoms with Gasteiger partial charge in [-0.1, -0.05) is 19.8 Å². The minimum absolute atomic E-state index is 0.135. The van der Waals surface area contributed by atoms with E-state index >= 15 is 0 Å². The van der Waals surface area contributed by atoms with Crippen LogP contribution in [-0.4, -0.2) is 66.5 Å². The molecule has 0 bridgehead atoms. The lowest BCUT2D eigenvalue weighted by molar-refractivity contribution is -0.907. The summed E-state index contributed by atoms with van der Waals surface area (Å²) in [7, 11) is 0. The van der Waals surface area contributed by atoms with Gasteiger partial charge in [0, 0.05) is 23.9 Å². The van der Waals surface area contributed by atoms with Gasteiger partial charge in [-0.25, -0.2) is 14.7 Å². The van der Waals surface area contributed by atoms with E-state index in [0.29, 0.717) is 0 Å². The topological polar surface area (TPSA) is 79.5 Å². The molecule has 2 aliphatic heterocycles. The van der Waals surface area contributed by atoms with E-state index in [4.69, 9.17) is 0 Å². The van der Waals surface area contributed by atoms with Gasteiger partial charge >= 0.3 is 17.8 Å². The standard InChI is InChI=1S/C20H27N5O3/c1-15-4-2-3-5-17(15)25-19(27)18(26)24(20(25)28)14-22-10-12-23(13-11-22)16-6-8-21-9-7-16/h6-9,15,17H,2-5,10-14H2,1H3/p+2/t15-,17+/m0/s1. The highest BCUT2D eigenvalue weighted by atomic mass is 16.2. The third kappa shape index (κ3) is 3.48. The Morgan fingerprint density at radius 1 is 1.04 bits per heavy atom. The van der Waals surface area contributed by atoms with Crippen LogP contribution < -0.4 is 14.8 Å². The van der Waals surface area contributed by atoms with Crippen LogP contribution in [0.5, 0.6) is 0 Å². The minimum atomic E-state index is -0.656. The molecule has 4 amide bonds. The van der Waals surface area contributed by atoms with Crippen LogP contribution in [0.2, 0.25) is 0 Å². The van der Waals surface area contributed by atoms with Crippen molar-refractivity contribution in [3.05, 3.63) is 24.5 Å². The summed E-state index contributed by atoms with van der Waals surface area (Å²) >= 11 is 0. The second-order valence-electron chi connectivity index (χ2n) is 8.17. The summed E-state index contributed by atoms with van der Waals surface area (Å²) in [4.78, 5) is 46.9. The Bertz CT molecular complexity index is 747. The minimum Gasteiger partial charge on any atom is -0.360 e. The number of imide groups is 2. The molecule has 0 spiro atoms. The zero-order valence-electron chi connectivity index (χ0n) is 16.4. The van der Waals surface area contributed by atoms with Gasteiger partial charge < -0.3 is 9.80 Å². The van der Waals surface area contributed by atoms with Crippen LogP contribution >= 0.6 is 0 Å². The number of rotatable bonds is 4. The number of quaternary nitrogens is 1. The van der Waals surface area contributed by atoms with Crippen molar-refractivity contribution in [1.29, 1.82) is 0 Å². The quantitative estimate of drug-likeness (QED) is 0.560. The molecule has 3 heterocycles. The predicted molar refractivity (Wildman–Crippen MR) is 101 cm³/mol. The van der Waals surface area contributed by atoms with Crippen molar-refractivity contribution in [2.24, 2.45) is 5.92 Å². The molecule has 0 aromatic carbocycles. The zero-order chi connectivity index (χ0) is 19.7. The molecule has 2 atom stereocenters. The molecule has 28 heavy (non-hydrogen) atoms. The summed E-state index contributed by atoms with van der Waals surface area (Å²) in [6.45, 7) is 5.70. The first-order valence-corrected chi connectivity index (χ1v) is 10.3. The molecule has 8 heteroatoms. The van der Waals surface area contributed by atoms with Crippen molar-refractivity contribution in [2.45, 2.75) is 38.6 Å². The first-order chi connectivity index (χ1) is 13.6. The smallest absolute Gasteiger partial charge is 0.338 e. The highest BCUT2D eigenvalue weighted by Crippen LogP contribution is 2.30. The number of pyridine rings is 1. The number of aromatic amines is 1. The third-order valence-corrected chi connectivity index (χ3v) is 6.40. The van der Waals surface area contributed by atoms with Gasteiger partial charge in [-0.15, -0.1) is 0 Å². The summed E-state index contributed by atoms with van der Waals surface area (Å²) in [5.41, 5.74) is 1.17. The summed E-state index contributed by atoms with van der Waals surface area (Å²) in [6, 6.07) is 3.53. The molecule has 8 nitrogen and oxygen atoms in total. The maximum atomic E-state index is 12.9. The Morgan fingerprint density at radius 2 is 1.71 bits per heavy atom. The van der Waals surface area contributed by atoms with Crippen molar-refractivity contribution >= 4 is 23.5 Å². The van der Waals surface area contributed by atoms with E-state index in [0.717, 1.165) is 56.8 Å². The fourth-order valence-corrected chi connectivity index (χ4v) is 4.69. The van der Waals surface area contributed by atoms with Gasteiger partial charge in [-0.2, -0.15) is 0 Å². The number of nitrogens with one attached hydrogen (secondary N) is 2. The number of piperazine rings is 1. The molecule has 1 aromatic rings. The number of H-pyrrole nitrogens is 1. The van der Waals surface area contributed by atoms with E-state index in [1.807, 2.05) is 24.5 Å². The van der Waals surface area contributed by atoms with Crippen LogP contribution in [-0.2, 0) is 9.59 Å². The summed E-state index contributed by atoms with van der Waals surface area (Å²) < 4.78 is 0. The first kappa shape index (κ1) is 18.9. The van der Waals surface area contributed by atoms with E-state index in [1.165, 1.54) is 15.5 Å². The van der Waals surface area contributed by atoms with E-state index in [2.05, 4.69) is 16.8 Å². The maximum Gasteiger partial charge on any atom is 0.338 e. The van der Waals surface area contributed by atoms with E-state index in [-0.39, 0.29) is 18.6 Å². The maximum absolute atomic E-state index is 12.9. The molecular formula is C20H29N5O3+2. The SMILES string of the molecule is C[C@H]1CCCC[C@H]1N1C(=O)C(=O)N(C[NH+]2CCN(c3cc[nH+]cc3)CC2)C1=O. The monoisotopic (exact) mass is 387 g/mol. The molecule has 1 aromatic heterocycles. The molecule has 1 aliphatic carbocycles. The fourth-order valence-electron chi connectivity index (χ4n) is 4.69. The number of aromatic nitrogens is 1. The average Bonchev–Trinajstić information content (AvgIpc) is 2.93. The summed E-state index contributed by atoms with van der Waals surface area (Å²) in [5, 5.41) is 0. The van der Waals surface area contributed by atoms with Crippen LogP contribution in [0, 0.1) is 5.92 Å². The van der Waals surface area contributed by atoms with Gasteiger partial charge in [0.15, 0.2) is 19.1 Å². The van der Waals surface area contributed by atoms with Crippen molar-refractivity contribution in [3.8, 4) is 0 Å². The van der Waals surface area contributed by atoms with Crippen molar-refractivity contribution < 1.29 is 24.3 Å². The Labute approximate surface area is 165 Å². The van der Waals surface area contributed by atoms with Gasteiger partial charge in [0.05, 0.1) is 26.2 Å². The van der Waals surface area contributed by atoms with Gasteiger partial charge in [0.2, 0.25) is 0 Å². The Kier molecular flexibility index (Phi) is 5.30. The van der Waals surface area contributed by atoms with Crippen molar-refractivity contribution in [2.75, 3.05) is 37.7 Å². The molecule has 150 valence electrons. The van der Waals surface area contributed by atoms with Crippen molar-refractivity contribution in [1.82, 2.24) is 9.80 Å². The molecule has 3 aliphatic rings. The van der Waals surface area contributed by atoms with Crippen LogP contribution in [0.1, 0.15) is 32.6 Å². The van der Waals surface area contributed by atoms with Crippen molar-refractivity contribution in [3.63, 3.8) is 0 Å². The largest absolute Gasteiger partial charge is 0.360 e. The highest BCUT2D eigenvalue weighted by molar-refractivity contribution is 6.44.